The number of carbonyl (C=O) groups is 1. The first-order valence-electron chi connectivity index (χ1n) is 6.44. The summed E-state index contributed by atoms with van der Waals surface area (Å²) in [6.07, 6.45) is 0.193. The minimum atomic E-state index is -0.814. The van der Waals surface area contributed by atoms with Gasteiger partial charge in [0.2, 0.25) is 0 Å². The maximum absolute atomic E-state index is 11.4. The average molecular weight is 281 g/mol. The molecule has 0 saturated heterocycles. The zero-order chi connectivity index (χ0) is 15.5. The molecular formula is C15H23NO4. The molecule has 112 valence electrons. The third-order valence-electron chi connectivity index (χ3n) is 3.18. The Morgan fingerprint density at radius 3 is 2.40 bits per heavy atom. The molecule has 0 heterocycles. The summed E-state index contributed by atoms with van der Waals surface area (Å²) in [5.41, 5.74) is 7.22. The molecule has 1 aromatic carbocycles. The number of phenolic OH excluding ortho intramolecular Hbond substituents is 1. The predicted octanol–water partition coefficient (Wildman–Crippen LogP) is 1.74. The molecule has 20 heavy (non-hydrogen) atoms. The summed E-state index contributed by atoms with van der Waals surface area (Å²) in [6, 6.07) is 2.83. The Labute approximate surface area is 119 Å². The molecule has 0 aliphatic rings. The van der Waals surface area contributed by atoms with E-state index in [0.717, 1.165) is 5.56 Å². The van der Waals surface area contributed by atoms with Gasteiger partial charge >= 0.3 is 5.97 Å². The first-order chi connectivity index (χ1) is 9.20. The zero-order valence-corrected chi connectivity index (χ0v) is 12.7. The van der Waals surface area contributed by atoms with Gasteiger partial charge in [-0.25, -0.2) is 0 Å². The molecule has 1 unspecified atom stereocenters. The molecule has 0 amide bonds. The molecule has 5 heteroatoms. The molecule has 0 aromatic heterocycles. The highest BCUT2D eigenvalue weighted by Gasteiger charge is 2.22. The van der Waals surface area contributed by atoms with Crippen LogP contribution in [0.1, 0.15) is 31.9 Å². The van der Waals surface area contributed by atoms with Gasteiger partial charge in [0.25, 0.3) is 0 Å². The largest absolute Gasteiger partial charge is 0.504 e. The van der Waals surface area contributed by atoms with Crippen LogP contribution in [0, 0.1) is 0 Å². The van der Waals surface area contributed by atoms with Crippen LogP contribution in [0.15, 0.2) is 12.1 Å². The van der Waals surface area contributed by atoms with E-state index in [9.17, 15) is 9.90 Å². The molecule has 0 bridgehead atoms. The molecule has 5 nitrogen and oxygen atoms in total. The van der Waals surface area contributed by atoms with Crippen molar-refractivity contribution in [1.29, 1.82) is 0 Å². The number of phenols is 1. The lowest BCUT2D eigenvalue weighted by Crippen LogP contribution is -2.33. The smallest absolute Gasteiger partial charge is 0.322 e. The highest BCUT2D eigenvalue weighted by molar-refractivity contribution is 5.76. The van der Waals surface area contributed by atoms with Crippen LogP contribution in [0.5, 0.6) is 11.5 Å². The van der Waals surface area contributed by atoms with Gasteiger partial charge in [0.05, 0.1) is 14.2 Å². The topological polar surface area (TPSA) is 81.8 Å². The van der Waals surface area contributed by atoms with Gasteiger partial charge in [-0.15, -0.1) is 0 Å². The van der Waals surface area contributed by atoms with E-state index in [2.05, 4.69) is 25.5 Å². The van der Waals surface area contributed by atoms with Gasteiger partial charge in [0.1, 0.15) is 6.04 Å². The van der Waals surface area contributed by atoms with Crippen molar-refractivity contribution in [3.05, 3.63) is 23.3 Å². The highest BCUT2D eigenvalue weighted by atomic mass is 16.5. The van der Waals surface area contributed by atoms with Gasteiger partial charge in [0.15, 0.2) is 11.5 Å². The number of aromatic hydroxyl groups is 1. The number of ether oxygens (including phenoxy) is 2. The van der Waals surface area contributed by atoms with Crippen molar-refractivity contribution in [2.75, 3.05) is 14.2 Å². The number of methoxy groups -OCH3 is 2. The normalized spacial score (nSPS) is 12.9. The molecule has 0 spiro atoms. The average Bonchev–Trinajstić information content (AvgIpc) is 2.38. The van der Waals surface area contributed by atoms with E-state index in [1.165, 1.54) is 14.2 Å². The van der Waals surface area contributed by atoms with Crippen molar-refractivity contribution in [1.82, 2.24) is 0 Å². The minimum absolute atomic E-state index is 0.0138. The van der Waals surface area contributed by atoms with E-state index in [1.54, 1.807) is 6.07 Å². The standard InChI is InChI=1S/C15H23NO4/c1-15(2,3)10-6-9(7-11(16)14(18)20-5)13(17)12(8-10)19-4/h6,8,11,17H,7,16H2,1-5H3. The number of carbonyl (C=O) groups excluding carboxylic acids is 1. The maximum atomic E-state index is 11.4. The molecule has 0 fully saturated rings. The summed E-state index contributed by atoms with van der Waals surface area (Å²) in [5.74, 6) is -0.117. The van der Waals surface area contributed by atoms with E-state index >= 15 is 0 Å². The molecule has 1 aromatic rings. The van der Waals surface area contributed by atoms with Gasteiger partial charge in [0, 0.05) is 12.0 Å². The van der Waals surface area contributed by atoms with Crippen LogP contribution in [-0.4, -0.2) is 31.3 Å². The van der Waals surface area contributed by atoms with Gasteiger partial charge in [-0.3, -0.25) is 4.79 Å². The van der Waals surface area contributed by atoms with Crippen LogP contribution in [0.25, 0.3) is 0 Å². The van der Waals surface area contributed by atoms with Crippen molar-refractivity contribution >= 4 is 5.97 Å². The zero-order valence-electron chi connectivity index (χ0n) is 12.7. The van der Waals surface area contributed by atoms with E-state index < -0.39 is 12.0 Å². The van der Waals surface area contributed by atoms with Crippen molar-refractivity contribution in [2.45, 2.75) is 38.6 Å². The lowest BCUT2D eigenvalue weighted by molar-refractivity contribution is -0.142. The van der Waals surface area contributed by atoms with E-state index in [1.807, 2.05) is 6.07 Å². The van der Waals surface area contributed by atoms with Crippen LogP contribution in [0.4, 0.5) is 0 Å². The number of hydrogen-bond donors (Lipinski definition) is 2. The Kier molecular flexibility index (Phi) is 5.00. The molecule has 1 atom stereocenters. The third kappa shape index (κ3) is 3.63. The van der Waals surface area contributed by atoms with Crippen LogP contribution in [-0.2, 0) is 21.4 Å². The number of hydrogen-bond acceptors (Lipinski definition) is 5. The fourth-order valence-corrected chi connectivity index (χ4v) is 1.88. The van der Waals surface area contributed by atoms with E-state index in [-0.39, 0.29) is 17.6 Å². The molecule has 3 N–H and O–H groups in total. The molecule has 1 rings (SSSR count). The number of esters is 1. The lowest BCUT2D eigenvalue weighted by atomic mass is 9.85. The summed E-state index contributed by atoms with van der Waals surface area (Å²) >= 11 is 0. The van der Waals surface area contributed by atoms with Crippen molar-refractivity contribution in [3.8, 4) is 11.5 Å². The summed E-state index contributed by atoms with van der Waals surface area (Å²) in [6.45, 7) is 6.18. The molecule has 0 radical (unpaired) electrons. The monoisotopic (exact) mass is 281 g/mol. The van der Waals surface area contributed by atoms with Crippen molar-refractivity contribution in [2.24, 2.45) is 5.73 Å². The Balaban J connectivity index is 3.21. The van der Waals surface area contributed by atoms with Crippen molar-refractivity contribution < 1.29 is 19.4 Å². The van der Waals surface area contributed by atoms with Gasteiger partial charge in [-0.05, 0) is 17.0 Å². The third-order valence-corrected chi connectivity index (χ3v) is 3.18. The first kappa shape index (κ1) is 16.3. The number of rotatable bonds is 4. The summed E-state index contributed by atoms with van der Waals surface area (Å²) < 4.78 is 9.78. The Hall–Kier alpha value is -1.75. The van der Waals surface area contributed by atoms with Crippen molar-refractivity contribution in [3.63, 3.8) is 0 Å². The van der Waals surface area contributed by atoms with Crippen LogP contribution >= 0.6 is 0 Å². The molecule has 0 aliphatic carbocycles. The molecular weight excluding hydrogens is 258 g/mol. The predicted molar refractivity (Wildman–Crippen MR) is 77.1 cm³/mol. The van der Waals surface area contributed by atoms with Gasteiger partial charge < -0.3 is 20.3 Å². The Morgan fingerprint density at radius 2 is 1.95 bits per heavy atom. The fraction of sp³-hybridized carbons (Fsp3) is 0.533. The fourth-order valence-electron chi connectivity index (χ4n) is 1.88. The molecule has 0 saturated carbocycles. The second kappa shape index (κ2) is 6.13. The second-order valence-corrected chi connectivity index (χ2v) is 5.77. The minimum Gasteiger partial charge on any atom is -0.504 e. The number of nitrogens with two attached hydrogens (primary N) is 1. The second-order valence-electron chi connectivity index (χ2n) is 5.77. The van der Waals surface area contributed by atoms with Crippen LogP contribution < -0.4 is 10.5 Å². The first-order valence-corrected chi connectivity index (χ1v) is 6.44. The van der Waals surface area contributed by atoms with E-state index in [0.29, 0.717) is 11.3 Å². The van der Waals surface area contributed by atoms with Crippen LogP contribution in [0.3, 0.4) is 0 Å². The Morgan fingerprint density at radius 1 is 1.35 bits per heavy atom. The van der Waals surface area contributed by atoms with Crippen LogP contribution in [0.2, 0.25) is 0 Å². The number of benzene rings is 1. The van der Waals surface area contributed by atoms with Gasteiger partial charge in [-0.1, -0.05) is 26.8 Å². The lowest BCUT2D eigenvalue weighted by Gasteiger charge is -2.22. The highest BCUT2D eigenvalue weighted by Crippen LogP contribution is 2.36. The van der Waals surface area contributed by atoms with E-state index in [4.69, 9.17) is 10.5 Å². The summed E-state index contributed by atoms with van der Waals surface area (Å²) in [5, 5.41) is 10.1. The maximum Gasteiger partial charge on any atom is 0.322 e. The SMILES string of the molecule is COC(=O)C(N)Cc1cc(C(C)(C)C)cc(OC)c1O. The summed E-state index contributed by atoms with van der Waals surface area (Å²) in [4.78, 5) is 11.4. The summed E-state index contributed by atoms with van der Waals surface area (Å²) in [7, 11) is 2.78. The molecule has 0 aliphatic heterocycles. The quantitative estimate of drug-likeness (QED) is 0.822. The Bertz CT molecular complexity index is 491. The van der Waals surface area contributed by atoms with Gasteiger partial charge in [-0.2, -0.15) is 0 Å².